The summed E-state index contributed by atoms with van der Waals surface area (Å²) in [7, 11) is 0. The normalized spacial score (nSPS) is 13.8. The summed E-state index contributed by atoms with van der Waals surface area (Å²) in [6, 6.07) is 9.42. The number of carbonyl (C=O) groups is 1. The molecule has 0 bridgehead atoms. The van der Waals surface area contributed by atoms with E-state index in [2.05, 4.69) is 35.4 Å². The van der Waals surface area contributed by atoms with Crippen molar-refractivity contribution in [1.82, 2.24) is 30.0 Å². The van der Waals surface area contributed by atoms with E-state index in [-0.39, 0.29) is 18.5 Å². The molecule has 3 aromatic heterocycles. The van der Waals surface area contributed by atoms with E-state index < -0.39 is 0 Å². The zero-order valence-electron chi connectivity index (χ0n) is 15.7. The van der Waals surface area contributed by atoms with Crippen LogP contribution in [0, 0.1) is 0 Å². The van der Waals surface area contributed by atoms with Crippen molar-refractivity contribution in [1.29, 1.82) is 0 Å². The van der Waals surface area contributed by atoms with E-state index in [9.17, 15) is 4.79 Å². The van der Waals surface area contributed by atoms with E-state index in [1.54, 1.807) is 35.8 Å². The van der Waals surface area contributed by atoms with Gasteiger partial charge in [-0.05, 0) is 30.3 Å². The maximum atomic E-state index is 12.3. The van der Waals surface area contributed by atoms with Crippen LogP contribution >= 0.6 is 0 Å². The quantitative estimate of drug-likeness (QED) is 0.660. The highest BCUT2D eigenvalue weighted by Crippen LogP contribution is 2.17. The van der Waals surface area contributed by atoms with Gasteiger partial charge in [-0.25, -0.2) is 9.97 Å². The minimum Gasteiger partial charge on any atom is -0.453 e. The average Bonchev–Trinajstić information content (AvgIpc) is 2.79. The number of ether oxygens (including phenoxy) is 1. The Morgan fingerprint density at radius 2 is 1.72 bits per heavy atom. The van der Waals surface area contributed by atoms with Crippen molar-refractivity contribution in [3.63, 3.8) is 0 Å². The first-order valence-corrected chi connectivity index (χ1v) is 9.21. The maximum absolute atomic E-state index is 12.3. The first kappa shape index (κ1) is 18.5. The van der Waals surface area contributed by atoms with Gasteiger partial charge in [0.1, 0.15) is 0 Å². The molecule has 0 aromatic carbocycles. The highest BCUT2D eigenvalue weighted by molar-refractivity contribution is 5.78. The number of anilines is 3. The molecular weight excluding hydrogens is 372 g/mol. The maximum Gasteiger partial charge on any atom is 0.316 e. The molecule has 148 valence electrons. The second-order valence-electron chi connectivity index (χ2n) is 6.33. The van der Waals surface area contributed by atoms with Gasteiger partial charge in [-0.1, -0.05) is 0 Å². The van der Waals surface area contributed by atoms with E-state index in [0.29, 0.717) is 32.0 Å². The Labute approximate surface area is 167 Å². The van der Waals surface area contributed by atoms with Crippen LogP contribution in [0.1, 0.15) is 0 Å². The molecule has 1 aliphatic rings. The number of nitrogens with one attached hydrogen (secondary N) is 1. The molecule has 10 heteroatoms. The van der Waals surface area contributed by atoms with Crippen molar-refractivity contribution in [3.05, 3.63) is 55.1 Å². The molecule has 0 spiro atoms. The molecule has 1 fully saturated rings. The van der Waals surface area contributed by atoms with Crippen LogP contribution in [0.15, 0.2) is 55.1 Å². The lowest BCUT2D eigenvalue weighted by Gasteiger charge is -2.35. The Kier molecular flexibility index (Phi) is 5.70. The summed E-state index contributed by atoms with van der Waals surface area (Å²) < 4.78 is 5.33. The number of pyridine rings is 1. The Bertz CT molecular complexity index is 916. The summed E-state index contributed by atoms with van der Waals surface area (Å²) in [5.74, 6) is 1.36. The fourth-order valence-electron chi connectivity index (χ4n) is 2.91. The SMILES string of the molecule is O=C(COc1ncccn1)N1CCN(c2ccc(Nc3ccncc3)nn2)CC1. The lowest BCUT2D eigenvalue weighted by molar-refractivity contribution is -0.133. The Morgan fingerprint density at radius 1 is 0.966 bits per heavy atom. The number of aromatic nitrogens is 5. The zero-order valence-corrected chi connectivity index (χ0v) is 15.7. The van der Waals surface area contributed by atoms with Crippen molar-refractivity contribution < 1.29 is 9.53 Å². The van der Waals surface area contributed by atoms with Gasteiger partial charge in [0.15, 0.2) is 18.2 Å². The minimum absolute atomic E-state index is 0.0702. The summed E-state index contributed by atoms with van der Waals surface area (Å²) in [5.41, 5.74) is 0.900. The van der Waals surface area contributed by atoms with Gasteiger partial charge in [-0.2, -0.15) is 0 Å². The number of rotatable bonds is 6. The molecule has 4 heterocycles. The van der Waals surface area contributed by atoms with E-state index in [1.807, 2.05) is 24.3 Å². The second-order valence-corrected chi connectivity index (χ2v) is 6.33. The van der Waals surface area contributed by atoms with Gasteiger partial charge in [0, 0.05) is 56.7 Å². The molecule has 1 N–H and O–H groups in total. The predicted octanol–water partition coefficient (Wildman–Crippen LogP) is 1.13. The molecule has 0 saturated carbocycles. The third-order valence-corrected chi connectivity index (χ3v) is 4.43. The summed E-state index contributed by atoms with van der Waals surface area (Å²) >= 11 is 0. The largest absolute Gasteiger partial charge is 0.453 e. The van der Waals surface area contributed by atoms with Crippen LogP contribution < -0.4 is 15.0 Å². The molecule has 0 atom stereocenters. The number of hydrogen-bond acceptors (Lipinski definition) is 9. The molecule has 0 radical (unpaired) electrons. The monoisotopic (exact) mass is 392 g/mol. The Hall–Kier alpha value is -3.82. The molecule has 29 heavy (non-hydrogen) atoms. The summed E-state index contributed by atoms with van der Waals surface area (Å²) in [5, 5.41) is 11.7. The standard InChI is InChI=1S/C19H20N8O2/c28-18(14-29-19-21-6-1-7-22-19)27-12-10-26(11-13-27)17-3-2-16(24-25-17)23-15-4-8-20-9-5-15/h1-9H,10-14H2,(H,20,23,24). The minimum atomic E-state index is -0.0833. The molecule has 1 amide bonds. The summed E-state index contributed by atoms with van der Waals surface area (Å²) in [6.45, 7) is 2.48. The van der Waals surface area contributed by atoms with E-state index in [0.717, 1.165) is 11.5 Å². The Balaban J connectivity index is 1.26. The second kappa shape index (κ2) is 8.91. The number of amides is 1. The Morgan fingerprint density at radius 3 is 2.41 bits per heavy atom. The van der Waals surface area contributed by atoms with Crippen LogP contribution in [0.25, 0.3) is 0 Å². The molecule has 0 aliphatic carbocycles. The topological polar surface area (TPSA) is 109 Å². The van der Waals surface area contributed by atoms with Crippen molar-refractivity contribution in [2.45, 2.75) is 0 Å². The van der Waals surface area contributed by atoms with Crippen LogP contribution in [0.4, 0.5) is 17.3 Å². The highest BCUT2D eigenvalue weighted by atomic mass is 16.5. The molecule has 4 rings (SSSR count). The first-order valence-electron chi connectivity index (χ1n) is 9.21. The smallest absolute Gasteiger partial charge is 0.316 e. The predicted molar refractivity (Wildman–Crippen MR) is 106 cm³/mol. The molecule has 0 unspecified atom stereocenters. The third-order valence-electron chi connectivity index (χ3n) is 4.43. The fourth-order valence-corrected chi connectivity index (χ4v) is 2.91. The van der Waals surface area contributed by atoms with Gasteiger partial charge in [0.2, 0.25) is 0 Å². The summed E-state index contributed by atoms with van der Waals surface area (Å²) in [6.07, 6.45) is 6.57. The van der Waals surface area contributed by atoms with Crippen LogP contribution in [-0.2, 0) is 4.79 Å². The number of hydrogen-bond donors (Lipinski definition) is 1. The van der Waals surface area contributed by atoms with Gasteiger partial charge >= 0.3 is 6.01 Å². The lowest BCUT2D eigenvalue weighted by atomic mass is 10.3. The van der Waals surface area contributed by atoms with Crippen LogP contribution in [0.3, 0.4) is 0 Å². The third kappa shape index (κ3) is 4.92. The zero-order chi connectivity index (χ0) is 19.9. The van der Waals surface area contributed by atoms with E-state index >= 15 is 0 Å². The van der Waals surface area contributed by atoms with Gasteiger partial charge in [0.25, 0.3) is 5.91 Å². The van der Waals surface area contributed by atoms with Crippen molar-refractivity contribution in [2.75, 3.05) is 43.0 Å². The molecule has 10 nitrogen and oxygen atoms in total. The number of carbonyl (C=O) groups excluding carboxylic acids is 1. The van der Waals surface area contributed by atoms with Gasteiger partial charge in [-0.15, -0.1) is 10.2 Å². The van der Waals surface area contributed by atoms with Crippen LogP contribution in [0.2, 0.25) is 0 Å². The van der Waals surface area contributed by atoms with Crippen LogP contribution in [0.5, 0.6) is 6.01 Å². The fraction of sp³-hybridized carbons (Fsp3) is 0.263. The first-order chi connectivity index (χ1) is 14.3. The van der Waals surface area contributed by atoms with Gasteiger partial charge < -0.3 is 19.9 Å². The molecule has 3 aromatic rings. The van der Waals surface area contributed by atoms with E-state index in [4.69, 9.17) is 4.74 Å². The highest BCUT2D eigenvalue weighted by Gasteiger charge is 2.22. The number of nitrogens with zero attached hydrogens (tertiary/aromatic N) is 7. The van der Waals surface area contributed by atoms with E-state index in [1.165, 1.54) is 0 Å². The van der Waals surface area contributed by atoms with Gasteiger partial charge in [-0.3, -0.25) is 9.78 Å². The molecular formula is C19H20N8O2. The number of piperazine rings is 1. The van der Waals surface area contributed by atoms with Gasteiger partial charge in [0.05, 0.1) is 0 Å². The molecule has 1 aliphatic heterocycles. The summed E-state index contributed by atoms with van der Waals surface area (Å²) in [4.78, 5) is 28.1. The van der Waals surface area contributed by atoms with Crippen LogP contribution in [-0.4, -0.2) is 68.7 Å². The molecule has 1 saturated heterocycles. The van der Waals surface area contributed by atoms with Crippen molar-refractivity contribution in [2.24, 2.45) is 0 Å². The average molecular weight is 392 g/mol. The van der Waals surface area contributed by atoms with Crippen molar-refractivity contribution in [3.8, 4) is 6.01 Å². The van der Waals surface area contributed by atoms with Crippen molar-refractivity contribution >= 4 is 23.2 Å². The lowest BCUT2D eigenvalue weighted by Crippen LogP contribution is -2.50.